The summed E-state index contributed by atoms with van der Waals surface area (Å²) in [6.07, 6.45) is 1.71. The van der Waals surface area contributed by atoms with Crippen LogP contribution in [0.1, 0.15) is 34.0 Å². The zero-order valence-corrected chi connectivity index (χ0v) is 13.7. The zero-order valence-electron chi connectivity index (χ0n) is 12.9. The lowest BCUT2D eigenvalue weighted by atomic mass is 9.90. The monoisotopic (exact) mass is 356 g/mol. The number of carboxylic acids is 1. The Bertz CT molecular complexity index is 961. The third kappa shape index (κ3) is 2.62. The molecule has 1 unspecified atom stereocenters. The molecule has 4 rings (SSSR count). The number of benzene rings is 1. The van der Waals surface area contributed by atoms with E-state index in [2.05, 4.69) is 5.32 Å². The van der Waals surface area contributed by atoms with Crippen LogP contribution in [0.5, 0.6) is 0 Å². The summed E-state index contributed by atoms with van der Waals surface area (Å²) < 4.78 is 15.0. The van der Waals surface area contributed by atoms with Gasteiger partial charge in [-0.3, -0.25) is 4.79 Å². The van der Waals surface area contributed by atoms with Gasteiger partial charge >= 0.3 is 5.97 Å². The van der Waals surface area contributed by atoms with E-state index in [4.69, 9.17) is 0 Å². The maximum atomic E-state index is 13.3. The van der Waals surface area contributed by atoms with Crippen LogP contribution in [0.4, 0.5) is 10.1 Å². The lowest BCUT2D eigenvalue weighted by Gasteiger charge is -2.25. The highest BCUT2D eigenvalue weighted by molar-refractivity contribution is 7.08. The Morgan fingerprint density at radius 2 is 2.04 bits per heavy atom. The van der Waals surface area contributed by atoms with Crippen molar-refractivity contribution in [3.8, 4) is 5.69 Å². The largest absolute Gasteiger partial charge is 0.478 e. The van der Waals surface area contributed by atoms with Crippen molar-refractivity contribution in [3.05, 3.63) is 69.9 Å². The third-order valence-corrected chi connectivity index (χ3v) is 5.01. The molecule has 1 amide bonds. The van der Waals surface area contributed by atoms with Gasteiger partial charge in [-0.2, -0.15) is 11.3 Å². The number of aromatic nitrogens is 1. The Kier molecular flexibility index (Phi) is 3.65. The molecule has 7 heteroatoms. The molecule has 0 saturated carbocycles. The van der Waals surface area contributed by atoms with Crippen LogP contribution in [0.25, 0.3) is 5.69 Å². The summed E-state index contributed by atoms with van der Waals surface area (Å²) in [7, 11) is 0. The van der Waals surface area contributed by atoms with Crippen LogP contribution in [-0.2, 0) is 4.79 Å². The Morgan fingerprint density at radius 1 is 1.28 bits per heavy atom. The van der Waals surface area contributed by atoms with Gasteiger partial charge in [-0.15, -0.1) is 0 Å². The fraction of sp³-hybridized carbons (Fsp3) is 0.111. The highest BCUT2D eigenvalue weighted by Crippen LogP contribution is 2.42. The van der Waals surface area contributed by atoms with E-state index in [9.17, 15) is 19.1 Å². The average molecular weight is 356 g/mol. The minimum Gasteiger partial charge on any atom is -0.478 e. The molecule has 25 heavy (non-hydrogen) atoms. The van der Waals surface area contributed by atoms with Crippen molar-refractivity contribution >= 4 is 28.9 Å². The molecule has 3 heterocycles. The van der Waals surface area contributed by atoms with E-state index in [-0.39, 0.29) is 29.6 Å². The average Bonchev–Trinajstić information content (AvgIpc) is 3.22. The minimum atomic E-state index is -1.12. The van der Waals surface area contributed by atoms with E-state index in [0.29, 0.717) is 17.1 Å². The highest BCUT2D eigenvalue weighted by atomic mass is 32.1. The van der Waals surface area contributed by atoms with E-state index in [1.54, 1.807) is 16.7 Å². The first kappa shape index (κ1) is 15.6. The second kappa shape index (κ2) is 5.86. The topological polar surface area (TPSA) is 71.3 Å². The van der Waals surface area contributed by atoms with Crippen LogP contribution >= 0.6 is 11.3 Å². The van der Waals surface area contributed by atoms with E-state index in [1.165, 1.54) is 29.7 Å². The number of halogens is 1. The number of nitrogens with zero attached hydrogens (tertiary/aromatic N) is 1. The number of fused-ring (bicyclic) bond motifs is 1. The number of amides is 1. The summed E-state index contributed by atoms with van der Waals surface area (Å²) in [4.78, 5) is 23.8. The van der Waals surface area contributed by atoms with Gasteiger partial charge in [0.15, 0.2) is 0 Å². The first-order chi connectivity index (χ1) is 12.0. The van der Waals surface area contributed by atoms with Crippen LogP contribution in [-0.4, -0.2) is 21.6 Å². The van der Waals surface area contributed by atoms with Crippen molar-refractivity contribution in [2.45, 2.75) is 12.3 Å². The molecular weight excluding hydrogens is 343 g/mol. The van der Waals surface area contributed by atoms with Gasteiger partial charge in [0.2, 0.25) is 5.91 Å². The van der Waals surface area contributed by atoms with Crippen molar-refractivity contribution in [2.24, 2.45) is 0 Å². The summed E-state index contributed by atoms with van der Waals surface area (Å²) in [6, 6.07) is 7.75. The number of nitrogens with one attached hydrogen (secondary N) is 1. The zero-order chi connectivity index (χ0) is 17.6. The number of carbonyl (C=O) groups is 2. The third-order valence-electron chi connectivity index (χ3n) is 4.31. The molecule has 0 aliphatic carbocycles. The minimum absolute atomic E-state index is 0.0209. The van der Waals surface area contributed by atoms with Crippen molar-refractivity contribution in [1.29, 1.82) is 0 Å². The smallest absolute Gasteiger partial charge is 0.339 e. The van der Waals surface area contributed by atoms with Gasteiger partial charge in [0.25, 0.3) is 0 Å². The van der Waals surface area contributed by atoms with Crippen LogP contribution in [0.2, 0.25) is 0 Å². The summed E-state index contributed by atoms with van der Waals surface area (Å²) in [5.41, 5.74) is 2.62. The second-order valence-electron chi connectivity index (χ2n) is 5.82. The molecule has 0 radical (unpaired) electrons. The van der Waals surface area contributed by atoms with Gasteiger partial charge in [0.05, 0.1) is 11.4 Å². The second-order valence-corrected chi connectivity index (χ2v) is 6.60. The molecule has 1 atom stereocenters. The van der Waals surface area contributed by atoms with Gasteiger partial charge in [0.1, 0.15) is 11.4 Å². The first-order valence-electron chi connectivity index (χ1n) is 7.61. The van der Waals surface area contributed by atoms with E-state index < -0.39 is 5.97 Å². The van der Waals surface area contributed by atoms with E-state index >= 15 is 0 Å². The molecule has 1 aromatic carbocycles. The van der Waals surface area contributed by atoms with Crippen molar-refractivity contribution in [2.75, 3.05) is 5.32 Å². The van der Waals surface area contributed by atoms with Gasteiger partial charge in [0, 0.05) is 24.2 Å². The molecule has 0 saturated heterocycles. The molecular formula is C18H13FN2O3S. The molecule has 0 bridgehead atoms. The standard InChI is InChI=1S/C18H13FN2O3S/c19-11-1-3-12(4-2-11)21-8-14(18(23)24)16-17(21)13(7-15(22)20-16)10-5-6-25-9-10/h1-6,8-9,13H,7H2,(H,20,22)(H,23,24). The first-order valence-corrected chi connectivity index (χ1v) is 8.55. The fourth-order valence-electron chi connectivity index (χ4n) is 3.19. The molecule has 3 aromatic rings. The molecule has 126 valence electrons. The molecule has 1 aliphatic rings. The summed E-state index contributed by atoms with van der Waals surface area (Å²) >= 11 is 1.52. The fourth-order valence-corrected chi connectivity index (χ4v) is 3.91. The number of carboxylic acid groups (broad SMARTS) is 1. The summed E-state index contributed by atoms with van der Waals surface area (Å²) in [6.45, 7) is 0. The molecule has 5 nitrogen and oxygen atoms in total. The van der Waals surface area contributed by atoms with Gasteiger partial charge in [-0.05, 0) is 46.7 Å². The predicted molar refractivity (Wildman–Crippen MR) is 92.1 cm³/mol. The van der Waals surface area contributed by atoms with Crippen molar-refractivity contribution < 1.29 is 19.1 Å². The normalized spacial score (nSPS) is 16.4. The number of rotatable bonds is 3. The van der Waals surface area contributed by atoms with Gasteiger partial charge in [-0.25, -0.2) is 9.18 Å². The number of aromatic carboxylic acids is 1. The maximum absolute atomic E-state index is 13.3. The van der Waals surface area contributed by atoms with Gasteiger partial charge in [-0.1, -0.05) is 0 Å². The van der Waals surface area contributed by atoms with Crippen molar-refractivity contribution in [3.63, 3.8) is 0 Å². The highest BCUT2D eigenvalue weighted by Gasteiger charge is 2.34. The summed E-state index contributed by atoms with van der Waals surface area (Å²) in [5, 5.41) is 16.1. The Hall–Kier alpha value is -2.93. The Balaban J connectivity index is 1.97. The molecule has 2 aromatic heterocycles. The molecule has 0 fully saturated rings. The van der Waals surface area contributed by atoms with E-state index in [0.717, 1.165) is 5.56 Å². The van der Waals surface area contributed by atoms with Gasteiger partial charge < -0.3 is 15.0 Å². The molecule has 2 N–H and O–H groups in total. The number of thiophene rings is 1. The Morgan fingerprint density at radius 3 is 2.68 bits per heavy atom. The number of hydrogen-bond donors (Lipinski definition) is 2. The van der Waals surface area contributed by atoms with E-state index in [1.807, 2.05) is 16.8 Å². The van der Waals surface area contributed by atoms with Crippen LogP contribution < -0.4 is 5.32 Å². The quantitative estimate of drug-likeness (QED) is 0.749. The lowest BCUT2D eigenvalue weighted by molar-refractivity contribution is -0.116. The predicted octanol–water partition coefficient (Wildman–Crippen LogP) is 3.85. The Labute approximate surface area is 146 Å². The SMILES string of the molecule is O=C1CC(c2ccsc2)c2c(c(C(=O)O)cn2-c2ccc(F)cc2)N1. The number of carbonyl (C=O) groups excluding carboxylic acids is 1. The number of anilines is 1. The maximum Gasteiger partial charge on any atom is 0.339 e. The number of hydrogen-bond acceptors (Lipinski definition) is 3. The van der Waals surface area contributed by atoms with Crippen LogP contribution in [0.3, 0.4) is 0 Å². The molecule has 1 aliphatic heterocycles. The van der Waals surface area contributed by atoms with Crippen molar-refractivity contribution in [1.82, 2.24) is 4.57 Å². The molecule has 0 spiro atoms. The summed E-state index contributed by atoms with van der Waals surface area (Å²) in [5.74, 6) is -1.97. The lowest BCUT2D eigenvalue weighted by Crippen LogP contribution is -2.25. The van der Waals surface area contributed by atoms with Crippen LogP contribution in [0, 0.1) is 5.82 Å². The van der Waals surface area contributed by atoms with Crippen LogP contribution in [0.15, 0.2) is 47.3 Å².